The molecule has 2 aliphatic rings. The number of hydrogen-bond donors (Lipinski definition) is 1. The van der Waals surface area contributed by atoms with Crippen molar-refractivity contribution in [2.45, 2.75) is 58.3 Å². The minimum absolute atomic E-state index is 0.173. The van der Waals surface area contributed by atoms with Gasteiger partial charge in [-0.25, -0.2) is 0 Å². The monoisotopic (exact) mass is 504 g/mol. The van der Waals surface area contributed by atoms with Crippen molar-refractivity contribution in [3.8, 4) is 5.75 Å². The third-order valence-electron chi connectivity index (χ3n) is 7.28. The van der Waals surface area contributed by atoms with Crippen LogP contribution in [0.2, 0.25) is 0 Å². The number of fused-ring (bicyclic) bond motifs is 1. The molecule has 4 rings (SSSR count). The Morgan fingerprint density at radius 1 is 1.17 bits per heavy atom. The normalized spacial score (nSPS) is 21.3. The molecule has 2 atom stereocenters. The number of halogens is 3. The number of rotatable bonds is 5. The Hall–Kier alpha value is -3.14. The van der Waals surface area contributed by atoms with Gasteiger partial charge in [-0.15, -0.1) is 0 Å². The number of piperazine rings is 1. The first kappa shape index (κ1) is 25.9. The van der Waals surface area contributed by atoms with Crippen LogP contribution in [0.3, 0.4) is 0 Å². The minimum atomic E-state index is -4.53. The minimum Gasteiger partial charge on any atom is -0.487 e. The topological polar surface area (TPSA) is 78.3 Å². The molecule has 36 heavy (non-hydrogen) atoms. The number of carbonyl (C=O) groups is 1. The van der Waals surface area contributed by atoms with Gasteiger partial charge < -0.3 is 14.8 Å². The van der Waals surface area contributed by atoms with Crippen molar-refractivity contribution in [1.82, 2.24) is 14.8 Å². The number of aromatic nitrogens is 1. The van der Waals surface area contributed by atoms with E-state index < -0.39 is 11.9 Å². The molecule has 0 spiro atoms. The molecule has 0 unspecified atom stereocenters. The van der Waals surface area contributed by atoms with Gasteiger partial charge in [0.25, 0.3) is 5.91 Å². The lowest BCUT2D eigenvalue weighted by molar-refractivity contribution is -0.141. The molecule has 0 aliphatic carbocycles. The summed E-state index contributed by atoms with van der Waals surface area (Å²) in [5.41, 5.74) is 3.11. The summed E-state index contributed by atoms with van der Waals surface area (Å²) in [6, 6.07) is 6.53. The Balaban J connectivity index is 1.46. The zero-order valence-electron chi connectivity index (χ0n) is 20.7. The molecule has 0 saturated carbocycles. The molecule has 2 aromatic rings. The van der Waals surface area contributed by atoms with Crippen LogP contribution < -0.4 is 4.74 Å². The van der Waals surface area contributed by atoms with Gasteiger partial charge in [0.15, 0.2) is 0 Å². The van der Waals surface area contributed by atoms with Crippen LogP contribution in [0.15, 0.2) is 35.6 Å². The van der Waals surface area contributed by atoms with E-state index in [0.29, 0.717) is 25.3 Å². The molecule has 2 saturated heterocycles. The molecular formula is C26H31F3N4O3. The number of ether oxygens (including phenoxy) is 1. The van der Waals surface area contributed by atoms with Gasteiger partial charge in [0, 0.05) is 37.9 Å². The first-order chi connectivity index (χ1) is 17.1. The summed E-state index contributed by atoms with van der Waals surface area (Å²) in [6.45, 7) is 7.75. The Morgan fingerprint density at radius 3 is 2.61 bits per heavy atom. The van der Waals surface area contributed by atoms with E-state index in [0.717, 1.165) is 48.4 Å². The van der Waals surface area contributed by atoms with Crippen molar-refractivity contribution in [3.05, 3.63) is 58.4 Å². The van der Waals surface area contributed by atoms with Crippen LogP contribution >= 0.6 is 0 Å². The molecule has 2 aliphatic heterocycles. The van der Waals surface area contributed by atoms with Gasteiger partial charge in [-0.2, -0.15) is 13.2 Å². The van der Waals surface area contributed by atoms with Gasteiger partial charge in [0.05, 0.1) is 11.3 Å². The lowest BCUT2D eigenvalue weighted by Crippen LogP contribution is -2.57. The van der Waals surface area contributed by atoms with E-state index in [-0.39, 0.29) is 30.2 Å². The molecule has 10 heteroatoms. The van der Waals surface area contributed by atoms with Crippen molar-refractivity contribution in [1.29, 1.82) is 0 Å². The number of carbonyl (C=O) groups excluding carboxylic acids is 1. The quantitative estimate of drug-likeness (QED) is 0.352. The summed E-state index contributed by atoms with van der Waals surface area (Å²) in [7, 11) is 0. The Labute approximate surface area is 208 Å². The van der Waals surface area contributed by atoms with Crippen LogP contribution in [0, 0.1) is 13.8 Å². The molecule has 2 fully saturated rings. The van der Waals surface area contributed by atoms with Crippen LogP contribution in [0.1, 0.15) is 65.0 Å². The predicted molar refractivity (Wildman–Crippen MR) is 129 cm³/mol. The number of benzene rings is 1. The van der Waals surface area contributed by atoms with E-state index in [1.807, 2.05) is 13.0 Å². The van der Waals surface area contributed by atoms with E-state index in [1.54, 1.807) is 11.8 Å². The first-order valence-electron chi connectivity index (χ1n) is 12.1. The van der Waals surface area contributed by atoms with Gasteiger partial charge in [0.2, 0.25) is 0 Å². The fourth-order valence-electron chi connectivity index (χ4n) is 5.18. The number of piperidine rings is 1. The number of pyridine rings is 1. The van der Waals surface area contributed by atoms with Crippen molar-refractivity contribution in [2.75, 3.05) is 26.2 Å². The smallest absolute Gasteiger partial charge is 0.433 e. The second kappa shape index (κ2) is 10.5. The molecule has 0 radical (unpaired) electrons. The Kier molecular flexibility index (Phi) is 7.54. The Morgan fingerprint density at radius 2 is 1.94 bits per heavy atom. The lowest BCUT2D eigenvalue weighted by atomic mass is 9.86. The average molecular weight is 505 g/mol. The van der Waals surface area contributed by atoms with Crippen LogP contribution in [0.25, 0.3) is 0 Å². The van der Waals surface area contributed by atoms with E-state index in [1.165, 1.54) is 11.6 Å². The summed E-state index contributed by atoms with van der Waals surface area (Å²) >= 11 is 0. The number of nitrogens with zero attached hydrogens (tertiary/aromatic N) is 4. The predicted octanol–water partition coefficient (Wildman–Crippen LogP) is 5.00. The summed E-state index contributed by atoms with van der Waals surface area (Å²) in [6.07, 6.45) is -0.504. The van der Waals surface area contributed by atoms with Crippen molar-refractivity contribution < 1.29 is 27.9 Å². The van der Waals surface area contributed by atoms with Gasteiger partial charge in [-0.05, 0) is 74.9 Å². The molecule has 3 heterocycles. The second-order valence-electron chi connectivity index (χ2n) is 9.55. The van der Waals surface area contributed by atoms with E-state index in [2.05, 4.69) is 28.0 Å². The van der Waals surface area contributed by atoms with Crippen LogP contribution in [-0.4, -0.2) is 63.9 Å². The standard InChI is InChI=1S/C26H31F3N4O3/c1-16(31-35)15-36-23-9-8-21(17(2)18(23)3)22-6-4-5-20-14-32(11-12-33(20)22)25(34)19-7-10-24(30-13-19)26(27,28)29/h7-10,13,20,22,35H,4-6,11-12,14-15H2,1-3H3/t20-,22+/m0/s1. The van der Waals surface area contributed by atoms with Crippen molar-refractivity contribution in [2.24, 2.45) is 5.16 Å². The van der Waals surface area contributed by atoms with Crippen LogP contribution in [-0.2, 0) is 6.18 Å². The lowest BCUT2D eigenvalue weighted by Gasteiger charge is -2.48. The highest BCUT2D eigenvalue weighted by atomic mass is 19.4. The maximum Gasteiger partial charge on any atom is 0.433 e. The SMILES string of the molecule is CC(COc1ccc([C@H]2CCC[C@H]3CN(C(=O)c4ccc(C(F)(F)F)nc4)CCN32)c(C)c1C)=NO. The Bertz CT molecular complexity index is 1130. The first-order valence-corrected chi connectivity index (χ1v) is 12.1. The zero-order chi connectivity index (χ0) is 26.0. The van der Waals surface area contributed by atoms with Gasteiger partial charge in [0.1, 0.15) is 18.1 Å². The highest BCUT2D eigenvalue weighted by Gasteiger charge is 2.38. The molecule has 1 aromatic carbocycles. The van der Waals surface area contributed by atoms with Gasteiger partial charge >= 0.3 is 6.18 Å². The van der Waals surface area contributed by atoms with Crippen LogP contribution in [0.4, 0.5) is 13.2 Å². The zero-order valence-corrected chi connectivity index (χ0v) is 20.7. The highest BCUT2D eigenvalue weighted by Crippen LogP contribution is 2.39. The fourth-order valence-corrected chi connectivity index (χ4v) is 5.18. The molecule has 194 valence electrons. The molecule has 1 amide bonds. The fraction of sp³-hybridized carbons (Fsp3) is 0.500. The molecular weight excluding hydrogens is 473 g/mol. The van der Waals surface area contributed by atoms with Crippen molar-refractivity contribution >= 4 is 11.6 Å². The number of oxime groups is 1. The summed E-state index contributed by atoms with van der Waals surface area (Å²) < 4.78 is 44.3. The van der Waals surface area contributed by atoms with Gasteiger partial charge in [-0.3, -0.25) is 14.7 Å². The van der Waals surface area contributed by atoms with E-state index in [4.69, 9.17) is 9.94 Å². The number of hydrogen-bond acceptors (Lipinski definition) is 6. The highest BCUT2D eigenvalue weighted by molar-refractivity contribution is 5.94. The second-order valence-corrected chi connectivity index (χ2v) is 9.55. The number of amides is 1. The maximum absolute atomic E-state index is 13.0. The average Bonchev–Trinajstić information content (AvgIpc) is 2.88. The van der Waals surface area contributed by atoms with E-state index >= 15 is 0 Å². The summed E-state index contributed by atoms with van der Waals surface area (Å²) in [4.78, 5) is 20.6. The third kappa shape index (κ3) is 5.33. The third-order valence-corrected chi connectivity index (χ3v) is 7.28. The molecule has 1 N–H and O–H groups in total. The summed E-state index contributed by atoms with van der Waals surface area (Å²) in [5.74, 6) is 0.473. The van der Waals surface area contributed by atoms with E-state index in [9.17, 15) is 18.0 Å². The molecule has 1 aromatic heterocycles. The van der Waals surface area contributed by atoms with Crippen LogP contribution in [0.5, 0.6) is 5.75 Å². The largest absolute Gasteiger partial charge is 0.487 e. The van der Waals surface area contributed by atoms with Crippen molar-refractivity contribution in [3.63, 3.8) is 0 Å². The maximum atomic E-state index is 13.0. The molecule has 7 nitrogen and oxygen atoms in total. The van der Waals surface area contributed by atoms with Gasteiger partial charge in [-0.1, -0.05) is 11.2 Å². The molecule has 0 bridgehead atoms. The number of alkyl halides is 3. The summed E-state index contributed by atoms with van der Waals surface area (Å²) in [5, 5.41) is 12.0.